The highest BCUT2D eigenvalue weighted by Crippen LogP contribution is 2.21. The van der Waals surface area contributed by atoms with Crippen LogP contribution in [0.2, 0.25) is 5.02 Å². The number of aromatic amines is 1. The van der Waals surface area contributed by atoms with E-state index >= 15 is 0 Å². The number of sulfonamides is 1. The smallest absolute Gasteiger partial charge is 0.279 e. The third kappa shape index (κ3) is 4.56. The molecule has 1 aliphatic rings. The van der Waals surface area contributed by atoms with Crippen LogP contribution >= 0.6 is 11.6 Å². The molecule has 1 saturated carbocycles. The highest BCUT2D eigenvalue weighted by molar-refractivity contribution is 7.92. The van der Waals surface area contributed by atoms with Crippen LogP contribution < -0.4 is 10.0 Å². The van der Waals surface area contributed by atoms with Crippen molar-refractivity contribution in [1.82, 2.24) is 15.5 Å². The standard InChI is InChI=1S/C17H21ClN4O3S/c18-12-7-9-14(10-8-12)22-26(24,25)17-15(11-19-21-17)16(23)20-13-5-3-1-2-4-6-13/h7-11,13,22H,1-6H2,(H,19,21)(H,20,23). The van der Waals surface area contributed by atoms with Crippen molar-refractivity contribution < 1.29 is 13.2 Å². The summed E-state index contributed by atoms with van der Waals surface area (Å²) in [6.45, 7) is 0. The highest BCUT2D eigenvalue weighted by atomic mass is 35.5. The fraction of sp³-hybridized carbons (Fsp3) is 0.412. The normalized spacial score (nSPS) is 16.0. The summed E-state index contributed by atoms with van der Waals surface area (Å²) in [5, 5.41) is 9.35. The maximum absolute atomic E-state index is 12.6. The Morgan fingerprint density at radius 3 is 2.42 bits per heavy atom. The summed E-state index contributed by atoms with van der Waals surface area (Å²) in [5.41, 5.74) is 0.356. The van der Waals surface area contributed by atoms with Crippen LogP contribution in [0.3, 0.4) is 0 Å². The van der Waals surface area contributed by atoms with Crippen molar-refractivity contribution in [2.24, 2.45) is 0 Å². The number of amides is 1. The van der Waals surface area contributed by atoms with Gasteiger partial charge in [-0.2, -0.15) is 13.5 Å². The quantitative estimate of drug-likeness (QED) is 0.674. The molecule has 9 heteroatoms. The number of H-pyrrole nitrogens is 1. The Balaban J connectivity index is 1.75. The molecular weight excluding hydrogens is 376 g/mol. The van der Waals surface area contributed by atoms with Gasteiger partial charge in [-0.05, 0) is 37.1 Å². The first kappa shape index (κ1) is 18.7. The molecule has 0 aliphatic heterocycles. The van der Waals surface area contributed by atoms with Gasteiger partial charge in [0.2, 0.25) is 0 Å². The first-order valence-corrected chi connectivity index (χ1v) is 10.4. The highest BCUT2D eigenvalue weighted by Gasteiger charge is 2.26. The Hall–Kier alpha value is -2.06. The van der Waals surface area contributed by atoms with Gasteiger partial charge in [-0.3, -0.25) is 14.6 Å². The zero-order valence-electron chi connectivity index (χ0n) is 14.2. The van der Waals surface area contributed by atoms with Crippen LogP contribution in [0.15, 0.2) is 35.5 Å². The summed E-state index contributed by atoms with van der Waals surface area (Å²) in [5.74, 6) is -0.429. The number of nitrogens with zero attached hydrogens (tertiary/aromatic N) is 1. The second kappa shape index (κ2) is 8.09. The van der Waals surface area contributed by atoms with Crippen LogP contribution in [-0.4, -0.2) is 30.6 Å². The summed E-state index contributed by atoms with van der Waals surface area (Å²) >= 11 is 5.81. The molecular formula is C17H21ClN4O3S. The summed E-state index contributed by atoms with van der Waals surface area (Å²) in [4.78, 5) is 12.6. The Labute approximate surface area is 157 Å². The summed E-state index contributed by atoms with van der Waals surface area (Å²) in [6, 6.07) is 6.31. The van der Waals surface area contributed by atoms with Gasteiger partial charge >= 0.3 is 0 Å². The van der Waals surface area contributed by atoms with E-state index in [-0.39, 0.29) is 16.6 Å². The Morgan fingerprint density at radius 2 is 1.77 bits per heavy atom. The molecule has 1 fully saturated rings. The molecule has 140 valence electrons. The monoisotopic (exact) mass is 396 g/mol. The maximum Gasteiger partial charge on any atom is 0.279 e. The third-order valence-electron chi connectivity index (χ3n) is 4.40. The number of rotatable bonds is 5. The molecule has 1 heterocycles. The molecule has 0 bridgehead atoms. The Morgan fingerprint density at radius 1 is 1.12 bits per heavy atom. The lowest BCUT2D eigenvalue weighted by Crippen LogP contribution is -2.35. The van der Waals surface area contributed by atoms with Crippen molar-refractivity contribution in [1.29, 1.82) is 0 Å². The van der Waals surface area contributed by atoms with E-state index in [4.69, 9.17) is 11.6 Å². The number of hydrogen-bond acceptors (Lipinski definition) is 4. The van der Waals surface area contributed by atoms with E-state index in [1.165, 1.54) is 19.0 Å². The SMILES string of the molecule is O=C(NC1CCCCCC1)c1cn[nH]c1S(=O)(=O)Nc1ccc(Cl)cc1. The number of nitrogens with one attached hydrogen (secondary N) is 3. The number of carbonyl (C=O) groups is 1. The van der Waals surface area contributed by atoms with Gasteiger partial charge in [0.05, 0.1) is 11.8 Å². The van der Waals surface area contributed by atoms with E-state index in [1.54, 1.807) is 24.3 Å². The van der Waals surface area contributed by atoms with Gasteiger partial charge in [0.25, 0.3) is 15.9 Å². The minimum absolute atomic E-state index is 0.00992. The van der Waals surface area contributed by atoms with E-state index in [0.717, 1.165) is 25.7 Å². The number of carbonyl (C=O) groups excluding carboxylic acids is 1. The van der Waals surface area contributed by atoms with Crippen LogP contribution in [0.4, 0.5) is 5.69 Å². The molecule has 7 nitrogen and oxygen atoms in total. The fourth-order valence-corrected chi connectivity index (χ4v) is 4.33. The zero-order valence-corrected chi connectivity index (χ0v) is 15.7. The molecule has 1 amide bonds. The van der Waals surface area contributed by atoms with Gasteiger partial charge in [-0.15, -0.1) is 0 Å². The van der Waals surface area contributed by atoms with Crippen molar-refractivity contribution in [2.45, 2.75) is 49.6 Å². The molecule has 0 unspecified atom stereocenters. The maximum atomic E-state index is 12.6. The second-order valence-electron chi connectivity index (χ2n) is 6.39. The lowest BCUT2D eigenvalue weighted by Gasteiger charge is -2.16. The van der Waals surface area contributed by atoms with Gasteiger partial charge in [-0.1, -0.05) is 37.3 Å². The van der Waals surface area contributed by atoms with Crippen molar-refractivity contribution in [2.75, 3.05) is 4.72 Å². The number of halogens is 1. The Kier molecular flexibility index (Phi) is 5.83. The van der Waals surface area contributed by atoms with Gasteiger partial charge in [0, 0.05) is 16.8 Å². The molecule has 0 saturated heterocycles. The molecule has 1 aromatic heterocycles. The largest absolute Gasteiger partial charge is 0.349 e. The molecule has 0 atom stereocenters. The van der Waals surface area contributed by atoms with E-state index in [0.29, 0.717) is 10.7 Å². The van der Waals surface area contributed by atoms with Gasteiger partial charge in [-0.25, -0.2) is 0 Å². The topological polar surface area (TPSA) is 104 Å². The van der Waals surface area contributed by atoms with Crippen LogP contribution in [0, 0.1) is 0 Å². The summed E-state index contributed by atoms with van der Waals surface area (Å²) in [6.07, 6.45) is 7.54. The lowest BCUT2D eigenvalue weighted by molar-refractivity contribution is 0.0930. The number of hydrogen-bond donors (Lipinski definition) is 3. The van der Waals surface area contributed by atoms with Crippen LogP contribution in [0.1, 0.15) is 48.9 Å². The zero-order chi connectivity index (χ0) is 18.6. The molecule has 0 spiro atoms. The van der Waals surface area contributed by atoms with E-state index < -0.39 is 15.9 Å². The molecule has 1 aliphatic carbocycles. The van der Waals surface area contributed by atoms with Gasteiger partial charge in [0.15, 0.2) is 5.03 Å². The molecule has 3 rings (SSSR count). The average molecular weight is 397 g/mol. The Bertz CT molecular complexity index is 856. The van der Waals surface area contributed by atoms with E-state index in [2.05, 4.69) is 20.2 Å². The summed E-state index contributed by atoms with van der Waals surface area (Å²) < 4.78 is 27.7. The van der Waals surface area contributed by atoms with E-state index in [1.807, 2.05) is 0 Å². The number of anilines is 1. The van der Waals surface area contributed by atoms with Crippen molar-refractivity contribution >= 4 is 33.2 Å². The molecule has 3 N–H and O–H groups in total. The molecule has 1 aromatic carbocycles. The minimum atomic E-state index is -3.98. The first-order valence-electron chi connectivity index (χ1n) is 8.58. The average Bonchev–Trinajstić information content (AvgIpc) is 2.98. The van der Waals surface area contributed by atoms with E-state index in [9.17, 15) is 13.2 Å². The molecule has 0 radical (unpaired) electrons. The summed E-state index contributed by atoms with van der Waals surface area (Å²) in [7, 11) is -3.98. The van der Waals surface area contributed by atoms with Crippen LogP contribution in [0.5, 0.6) is 0 Å². The van der Waals surface area contributed by atoms with Crippen molar-refractivity contribution in [3.8, 4) is 0 Å². The predicted molar refractivity (Wildman–Crippen MR) is 99.8 cm³/mol. The van der Waals surface area contributed by atoms with Gasteiger partial charge in [0.1, 0.15) is 0 Å². The third-order valence-corrected chi connectivity index (χ3v) is 6.01. The van der Waals surface area contributed by atoms with Crippen LogP contribution in [0.25, 0.3) is 0 Å². The fourth-order valence-electron chi connectivity index (χ4n) is 3.05. The number of aromatic nitrogens is 2. The molecule has 2 aromatic rings. The second-order valence-corrected chi connectivity index (χ2v) is 8.44. The lowest BCUT2D eigenvalue weighted by atomic mass is 10.1. The van der Waals surface area contributed by atoms with Crippen molar-refractivity contribution in [3.05, 3.63) is 41.0 Å². The van der Waals surface area contributed by atoms with Crippen molar-refractivity contribution in [3.63, 3.8) is 0 Å². The number of benzene rings is 1. The predicted octanol–water partition coefficient (Wildman–Crippen LogP) is 3.32. The minimum Gasteiger partial charge on any atom is -0.349 e. The van der Waals surface area contributed by atoms with Gasteiger partial charge < -0.3 is 5.32 Å². The van der Waals surface area contributed by atoms with Crippen LogP contribution in [-0.2, 0) is 10.0 Å². The molecule has 26 heavy (non-hydrogen) atoms. The first-order chi connectivity index (χ1) is 12.5.